The number of hydrogen-bond donors (Lipinski definition) is 2. The van der Waals surface area contributed by atoms with Crippen molar-refractivity contribution in [3.63, 3.8) is 0 Å². The van der Waals surface area contributed by atoms with E-state index in [1.54, 1.807) is 31.4 Å². The van der Waals surface area contributed by atoms with E-state index >= 15 is 0 Å². The molecule has 0 aliphatic carbocycles. The summed E-state index contributed by atoms with van der Waals surface area (Å²) in [5, 5.41) is 6.15. The second kappa shape index (κ2) is 8.76. The Hall–Kier alpha value is -1.59. The molecule has 0 aliphatic rings. The van der Waals surface area contributed by atoms with Crippen LogP contribution in [0.3, 0.4) is 0 Å². The lowest BCUT2D eigenvalue weighted by molar-refractivity contribution is -0.124. The molecule has 122 valence electrons. The van der Waals surface area contributed by atoms with Crippen molar-refractivity contribution in [2.24, 2.45) is 5.92 Å². The van der Waals surface area contributed by atoms with Gasteiger partial charge in [0.15, 0.2) is 0 Å². The smallest absolute Gasteiger partial charge is 0.251 e. The maximum absolute atomic E-state index is 12.3. The molecular formula is C16H23ClN2O3. The van der Waals surface area contributed by atoms with Crippen molar-refractivity contribution in [1.29, 1.82) is 0 Å². The number of carbonyl (C=O) groups is 2. The molecule has 0 aromatic heterocycles. The van der Waals surface area contributed by atoms with Gasteiger partial charge in [-0.05, 0) is 37.1 Å². The lowest BCUT2D eigenvalue weighted by Gasteiger charge is -2.24. The highest BCUT2D eigenvalue weighted by molar-refractivity contribution is 6.30. The predicted octanol–water partition coefficient (Wildman–Crippen LogP) is 2.25. The molecule has 22 heavy (non-hydrogen) atoms. The summed E-state index contributed by atoms with van der Waals surface area (Å²) in [7, 11) is 1.57. The number of hydrogen-bond acceptors (Lipinski definition) is 3. The van der Waals surface area contributed by atoms with E-state index < -0.39 is 6.04 Å². The fraction of sp³-hybridized carbons (Fsp3) is 0.500. The largest absolute Gasteiger partial charge is 0.383 e. The quantitative estimate of drug-likeness (QED) is 0.807. The second-order valence-corrected chi connectivity index (χ2v) is 6.00. The van der Waals surface area contributed by atoms with E-state index in [1.807, 2.05) is 20.8 Å². The van der Waals surface area contributed by atoms with Gasteiger partial charge in [0.25, 0.3) is 5.91 Å². The van der Waals surface area contributed by atoms with Crippen LogP contribution in [-0.4, -0.2) is 37.6 Å². The first-order chi connectivity index (χ1) is 10.3. The first kappa shape index (κ1) is 18.5. The van der Waals surface area contributed by atoms with Gasteiger partial charge >= 0.3 is 0 Å². The lowest BCUT2D eigenvalue weighted by Crippen LogP contribution is -2.52. The molecular weight excluding hydrogens is 304 g/mol. The van der Waals surface area contributed by atoms with Gasteiger partial charge in [0.05, 0.1) is 6.61 Å². The highest BCUT2D eigenvalue weighted by Crippen LogP contribution is 2.10. The van der Waals surface area contributed by atoms with Crippen LogP contribution in [0, 0.1) is 5.92 Å². The van der Waals surface area contributed by atoms with Gasteiger partial charge in [-0.1, -0.05) is 25.4 Å². The molecule has 6 heteroatoms. The predicted molar refractivity (Wildman–Crippen MR) is 87.0 cm³/mol. The molecule has 2 N–H and O–H groups in total. The molecule has 0 spiro atoms. The van der Waals surface area contributed by atoms with Crippen LogP contribution in [0.2, 0.25) is 5.02 Å². The number of methoxy groups -OCH3 is 1. The van der Waals surface area contributed by atoms with E-state index in [1.165, 1.54) is 0 Å². The number of amides is 2. The molecule has 0 radical (unpaired) electrons. The van der Waals surface area contributed by atoms with Crippen molar-refractivity contribution in [2.75, 3.05) is 13.7 Å². The minimum absolute atomic E-state index is 0.0361. The fourth-order valence-electron chi connectivity index (χ4n) is 1.99. The normalized spacial score (nSPS) is 13.5. The highest BCUT2D eigenvalue weighted by Gasteiger charge is 2.25. The summed E-state index contributed by atoms with van der Waals surface area (Å²) in [6, 6.07) is 5.80. The van der Waals surface area contributed by atoms with Crippen molar-refractivity contribution in [3.05, 3.63) is 34.9 Å². The molecule has 1 rings (SSSR count). The first-order valence-corrected chi connectivity index (χ1v) is 7.58. The summed E-state index contributed by atoms with van der Waals surface area (Å²) in [4.78, 5) is 24.5. The SMILES string of the molecule is COCC(C)NC(=O)C(NC(=O)c1ccc(Cl)cc1)C(C)C. The molecule has 0 aliphatic heterocycles. The van der Waals surface area contributed by atoms with Gasteiger partial charge in [0.1, 0.15) is 6.04 Å². The summed E-state index contributed by atoms with van der Waals surface area (Å²) < 4.78 is 4.99. The van der Waals surface area contributed by atoms with Crippen LogP contribution in [0.5, 0.6) is 0 Å². The number of carbonyl (C=O) groups excluding carboxylic acids is 2. The van der Waals surface area contributed by atoms with Crippen LogP contribution in [0.4, 0.5) is 0 Å². The maximum atomic E-state index is 12.3. The van der Waals surface area contributed by atoms with Gasteiger partial charge in [-0.25, -0.2) is 0 Å². The Kier molecular flexibility index (Phi) is 7.35. The molecule has 0 bridgehead atoms. The van der Waals surface area contributed by atoms with Crippen LogP contribution in [-0.2, 0) is 9.53 Å². The zero-order valence-electron chi connectivity index (χ0n) is 13.4. The molecule has 0 saturated carbocycles. The zero-order chi connectivity index (χ0) is 16.7. The topological polar surface area (TPSA) is 67.4 Å². The Balaban J connectivity index is 2.73. The molecule has 2 amide bonds. The van der Waals surface area contributed by atoms with Crippen molar-refractivity contribution in [2.45, 2.75) is 32.9 Å². The molecule has 1 aromatic rings. The van der Waals surface area contributed by atoms with Crippen molar-refractivity contribution in [3.8, 4) is 0 Å². The average molecular weight is 327 g/mol. The molecule has 0 saturated heterocycles. The summed E-state index contributed by atoms with van der Waals surface area (Å²) >= 11 is 5.80. The monoisotopic (exact) mass is 326 g/mol. The van der Waals surface area contributed by atoms with Crippen LogP contribution in [0.1, 0.15) is 31.1 Å². The molecule has 0 fully saturated rings. The Labute approximate surface area is 136 Å². The highest BCUT2D eigenvalue weighted by atomic mass is 35.5. The van der Waals surface area contributed by atoms with Crippen LogP contribution in [0.15, 0.2) is 24.3 Å². The van der Waals surface area contributed by atoms with Gasteiger partial charge < -0.3 is 15.4 Å². The van der Waals surface area contributed by atoms with E-state index in [0.29, 0.717) is 17.2 Å². The van der Waals surface area contributed by atoms with Gasteiger partial charge in [-0.3, -0.25) is 9.59 Å². The van der Waals surface area contributed by atoms with Crippen LogP contribution in [0.25, 0.3) is 0 Å². The zero-order valence-corrected chi connectivity index (χ0v) is 14.1. The third kappa shape index (κ3) is 5.66. The van der Waals surface area contributed by atoms with Crippen LogP contribution >= 0.6 is 11.6 Å². The third-order valence-electron chi connectivity index (χ3n) is 3.15. The van der Waals surface area contributed by atoms with E-state index in [9.17, 15) is 9.59 Å². The Morgan fingerprint density at radius 3 is 2.23 bits per heavy atom. The molecule has 1 aromatic carbocycles. The van der Waals surface area contributed by atoms with E-state index in [0.717, 1.165) is 0 Å². The summed E-state index contributed by atoms with van der Waals surface area (Å²) in [5.41, 5.74) is 0.466. The Morgan fingerprint density at radius 1 is 1.14 bits per heavy atom. The Bertz CT molecular complexity index is 503. The van der Waals surface area contributed by atoms with Crippen molar-refractivity contribution in [1.82, 2.24) is 10.6 Å². The van der Waals surface area contributed by atoms with Gasteiger partial charge in [-0.15, -0.1) is 0 Å². The second-order valence-electron chi connectivity index (χ2n) is 5.57. The van der Waals surface area contributed by atoms with Gasteiger partial charge in [0.2, 0.25) is 5.91 Å². The molecule has 0 heterocycles. The number of nitrogens with one attached hydrogen (secondary N) is 2. The lowest BCUT2D eigenvalue weighted by atomic mass is 10.0. The van der Waals surface area contributed by atoms with E-state index in [4.69, 9.17) is 16.3 Å². The van der Waals surface area contributed by atoms with E-state index in [2.05, 4.69) is 10.6 Å². The standard InChI is InChI=1S/C16H23ClN2O3/c1-10(2)14(16(21)18-11(3)9-22-4)19-15(20)12-5-7-13(17)8-6-12/h5-8,10-11,14H,9H2,1-4H3,(H,18,21)(H,19,20). The van der Waals surface area contributed by atoms with Gasteiger partial charge in [-0.2, -0.15) is 0 Å². The average Bonchev–Trinajstić information content (AvgIpc) is 2.44. The molecule has 2 unspecified atom stereocenters. The fourth-order valence-corrected chi connectivity index (χ4v) is 2.11. The number of benzene rings is 1. The summed E-state index contributed by atoms with van der Waals surface area (Å²) in [6.45, 7) is 6.03. The van der Waals surface area contributed by atoms with Crippen LogP contribution < -0.4 is 10.6 Å². The minimum Gasteiger partial charge on any atom is -0.383 e. The number of rotatable bonds is 7. The third-order valence-corrected chi connectivity index (χ3v) is 3.40. The van der Waals surface area contributed by atoms with Crippen molar-refractivity contribution < 1.29 is 14.3 Å². The first-order valence-electron chi connectivity index (χ1n) is 7.21. The van der Waals surface area contributed by atoms with Crippen molar-refractivity contribution >= 4 is 23.4 Å². The van der Waals surface area contributed by atoms with E-state index in [-0.39, 0.29) is 23.8 Å². The van der Waals surface area contributed by atoms with Gasteiger partial charge in [0, 0.05) is 23.7 Å². The molecule has 2 atom stereocenters. The summed E-state index contributed by atoms with van der Waals surface area (Å²) in [6.07, 6.45) is 0. The summed E-state index contributed by atoms with van der Waals surface area (Å²) in [5.74, 6) is -0.558. The number of ether oxygens (including phenoxy) is 1. The maximum Gasteiger partial charge on any atom is 0.251 e. The molecule has 5 nitrogen and oxygen atoms in total. The number of halogens is 1. The minimum atomic E-state index is -0.609. The Morgan fingerprint density at radius 2 is 1.73 bits per heavy atom.